The number of aryl methyl sites for hydroxylation is 3. The van der Waals surface area contributed by atoms with Gasteiger partial charge in [-0.25, -0.2) is 9.97 Å². The summed E-state index contributed by atoms with van der Waals surface area (Å²) in [6.07, 6.45) is 10.7. The quantitative estimate of drug-likeness (QED) is 0.426. The van der Waals surface area contributed by atoms with E-state index in [1.165, 1.54) is 46.7 Å². The van der Waals surface area contributed by atoms with Gasteiger partial charge in [0.25, 0.3) is 0 Å². The molecule has 2 aliphatic rings. The molecule has 6 heterocycles. The van der Waals surface area contributed by atoms with Crippen LogP contribution < -0.4 is 4.90 Å². The van der Waals surface area contributed by atoms with Crippen molar-refractivity contribution in [3.05, 3.63) is 46.6 Å². The van der Waals surface area contributed by atoms with Crippen molar-refractivity contribution >= 4 is 27.4 Å². The van der Waals surface area contributed by atoms with E-state index in [2.05, 4.69) is 38.5 Å². The Morgan fingerprint density at radius 2 is 1.97 bits per heavy atom. The van der Waals surface area contributed by atoms with Gasteiger partial charge in [-0.3, -0.25) is 4.98 Å². The SMILES string of the molecule is Cc1sc2nc(-c3cccnc3)nc(N3CCCC(c4nnc5n4CCCCC5)C3)c2c1C. The van der Waals surface area contributed by atoms with E-state index in [-0.39, 0.29) is 0 Å². The van der Waals surface area contributed by atoms with Crippen molar-refractivity contribution in [2.75, 3.05) is 18.0 Å². The van der Waals surface area contributed by atoms with Crippen LogP contribution in [0.4, 0.5) is 5.82 Å². The first-order valence-electron chi connectivity index (χ1n) is 12.0. The highest BCUT2D eigenvalue weighted by molar-refractivity contribution is 7.18. The molecule has 0 spiro atoms. The third-order valence-electron chi connectivity index (χ3n) is 7.15. The van der Waals surface area contributed by atoms with Gasteiger partial charge in [-0.1, -0.05) is 6.42 Å². The molecule has 0 bridgehead atoms. The van der Waals surface area contributed by atoms with Gasteiger partial charge in [0, 0.05) is 54.8 Å². The summed E-state index contributed by atoms with van der Waals surface area (Å²) >= 11 is 1.76. The Hall–Kier alpha value is -2.87. The average molecular weight is 460 g/mol. The van der Waals surface area contributed by atoms with Gasteiger partial charge in [-0.05, 0) is 57.2 Å². The number of aromatic nitrogens is 6. The molecule has 1 fully saturated rings. The molecule has 8 heteroatoms. The highest BCUT2D eigenvalue weighted by Gasteiger charge is 2.30. The summed E-state index contributed by atoms with van der Waals surface area (Å²) in [4.78, 5) is 19.2. The fourth-order valence-electron chi connectivity index (χ4n) is 5.27. The van der Waals surface area contributed by atoms with Crippen molar-refractivity contribution in [2.45, 2.75) is 64.8 Å². The lowest BCUT2D eigenvalue weighted by Gasteiger charge is -2.34. The number of hydrogen-bond acceptors (Lipinski definition) is 7. The Morgan fingerprint density at radius 3 is 2.85 bits per heavy atom. The Bertz CT molecular complexity index is 1290. The van der Waals surface area contributed by atoms with Gasteiger partial charge in [-0.15, -0.1) is 21.5 Å². The number of fused-ring (bicyclic) bond motifs is 2. The molecule has 4 aromatic heterocycles. The number of hydrogen-bond donors (Lipinski definition) is 0. The summed E-state index contributed by atoms with van der Waals surface area (Å²) in [6, 6.07) is 3.98. The lowest BCUT2D eigenvalue weighted by molar-refractivity contribution is 0.464. The van der Waals surface area contributed by atoms with Crippen molar-refractivity contribution in [2.24, 2.45) is 0 Å². The van der Waals surface area contributed by atoms with E-state index in [4.69, 9.17) is 9.97 Å². The summed E-state index contributed by atoms with van der Waals surface area (Å²) in [6.45, 7) is 7.36. The average Bonchev–Trinajstić information content (AvgIpc) is 3.29. The highest BCUT2D eigenvalue weighted by Crippen LogP contribution is 2.39. The predicted molar refractivity (Wildman–Crippen MR) is 132 cm³/mol. The van der Waals surface area contributed by atoms with Crippen LogP contribution in [0.15, 0.2) is 24.5 Å². The van der Waals surface area contributed by atoms with Gasteiger partial charge in [-0.2, -0.15) is 0 Å². The number of rotatable bonds is 3. The molecule has 0 aliphatic carbocycles. The molecular formula is C25H29N7S. The molecule has 7 nitrogen and oxygen atoms in total. The zero-order valence-electron chi connectivity index (χ0n) is 19.3. The molecule has 2 aliphatic heterocycles. The topological polar surface area (TPSA) is 72.6 Å². The van der Waals surface area contributed by atoms with Crippen LogP contribution in [0.3, 0.4) is 0 Å². The van der Waals surface area contributed by atoms with Gasteiger partial charge < -0.3 is 9.47 Å². The van der Waals surface area contributed by atoms with Crippen LogP contribution in [0, 0.1) is 13.8 Å². The zero-order chi connectivity index (χ0) is 22.4. The smallest absolute Gasteiger partial charge is 0.164 e. The van der Waals surface area contributed by atoms with Crippen LogP contribution in [0.1, 0.15) is 60.1 Å². The Balaban J connectivity index is 1.41. The first-order valence-corrected chi connectivity index (χ1v) is 12.9. The van der Waals surface area contributed by atoms with Crippen molar-refractivity contribution in [1.82, 2.24) is 29.7 Å². The standard InChI is InChI=1S/C25H29N7S/c1-16-17(2)33-25-21(16)24(27-22(28-25)18-8-6-11-26-14-18)31-12-7-9-19(15-31)23-30-29-20-10-4-3-5-13-32(20)23/h6,8,11,14,19H,3-5,7,9-10,12-13,15H2,1-2H3. The van der Waals surface area contributed by atoms with E-state index >= 15 is 0 Å². The number of pyridine rings is 1. The second-order valence-corrected chi connectivity index (χ2v) is 10.5. The van der Waals surface area contributed by atoms with Crippen molar-refractivity contribution < 1.29 is 0 Å². The molecule has 0 radical (unpaired) electrons. The van der Waals surface area contributed by atoms with E-state index in [1.54, 1.807) is 17.5 Å². The fourth-order valence-corrected chi connectivity index (χ4v) is 6.29. The summed E-state index contributed by atoms with van der Waals surface area (Å²) < 4.78 is 2.41. The van der Waals surface area contributed by atoms with Crippen LogP contribution in [0.25, 0.3) is 21.6 Å². The summed E-state index contributed by atoms with van der Waals surface area (Å²) in [5, 5.41) is 10.5. The number of thiophene rings is 1. The molecule has 0 aromatic carbocycles. The Kier molecular flexibility index (Phi) is 5.32. The lowest BCUT2D eigenvalue weighted by Crippen LogP contribution is -2.36. The second kappa shape index (κ2) is 8.48. The second-order valence-electron chi connectivity index (χ2n) is 9.30. The molecule has 0 saturated carbocycles. The maximum absolute atomic E-state index is 5.13. The molecule has 170 valence electrons. The number of piperidine rings is 1. The summed E-state index contributed by atoms with van der Waals surface area (Å²) in [5.74, 6) is 4.54. The largest absolute Gasteiger partial charge is 0.355 e. The van der Waals surface area contributed by atoms with Crippen molar-refractivity contribution in [1.29, 1.82) is 0 Å². The first-order chi connectivity index (χ1) is 16.2. The molecular weight excluding hydrogens is 430 g/mol. The van der Waals surface area contributed by atoms with Crippen LogP contribution in [0.2, 0.25) is 0 Å². The maximum atomic E-state index is 5.13. The molecule has 33 heavy (non-hydrogen) atoms. The normalized spacial score (nSPS) is 19.0. The van der Waals surface area contributed by atoms with Crippen molar-refractivity contribution in [3.8, 4) is 11.4 Å². The van der Waals surface area contributed by atoms with Crippen LogP contribution in [-0.4, -0.2) is 42.8 Å². The molecule has 1 saturated heterocycles. The van der Waals surface area contributed by atoms with Gasteiger partial charge >= 0.3 is 0 Å². The maximum Gasteiger partial charge on any atom is 0.164 e. The van der Waals surface area contributed by atoms with Crippen molar-refractivity contribution in [3.63, 3.8) is 0 Å². The molecule has 4 aromatic rings. The molecule has 1 atom stereocenters. The highest BCUT2D eigenvalue weighted by atomic mass is 32.1. The zero-order valence-corrected chi connectivity index (χ0v) is 20.1. The van der Waals surface area contributed by atoms with Crippen LogP contribution in [0.5, 0.6) is 0 Å². The first kappa shape index (κ1) is 20.7. The minimum Gasteiger partial charge on any atom is -0.355 e. The minimum atomic E-state index is 0.380. The van der Waals surface area contributed by atoms with Gasteiger partial charge in [0.15, 0.2) is 5.82 Å². The van der Waals surface area contributed by atoms with E-state index in [0.717, 1.165) is 60.9 Å². The number of nitrogens with zero attached hydrogens (tertiary/aromatic N) is 7. The van der Waals surface area contributed by atoms with E-state index in [9.17, 15) is 0 Å². The fraction of sp³-hybridized carbons (Fsp3) is 0.480. The summed E-state index contributed by atoms with van der Waals surface area (Å²) in [5.41, 5.74) is 2.25. The number of anilines is 1. The lowest BCUT2D eigenvalue weighted by atomic mass is 9.96. The van der Waals surface area contributed by atoms with Gasteiger partial charge in [0.2, 0.25) is 0 Å². The molecule has 0 amide bonds. The van der Waals surface area contributed by atoms with E-state index in [1.807, 2.05) is 18.3 Å². The monoisotopic (exact) mass is 459 g/mol. The predicted octanol–water partition coefficient (Wildman–Crippen LogP) is 5.07. The van der Waals surface area contributed by atoms with Crippen LogP contribution >= 0.6 is 11.3 Å². The third kappa shape index (κ3) is 3.70. The minimum absolute atomic E-state index is 0.380. The van der Waals surface area contributed by atoms with E-state index in [0.29, 0.717) is 5.92 Å². The van der Waals surface area contributed by atoms with Gasteiger partial charge in [0.1, 0.15) is 22.3 Å². The van der Waals surface area contributed by atoms with Crippen LogP contribution in [-0.2, 0) is 13.0 Å². The third-order valence-corrected chi connectivity index (χ3v) is 8.25. The Labute approximate surface area is 197 Å². The van der Waals surface area contributed by atoms with Gasteiger partial charge in [0.05, 0.1) is 5.39 Å². The molecule has 0 N–H and O–H groups in total. The summed E-state index contributed by atoms with van der Waals surface area (Å²) in [7, 11) is 0. The van der Waals surface area contributed by atoms with E-state index < -0.39 is 0 Å². The molecule has 6 rings (SSSR count). The Morgan fingerprint density at radius 1 is 1.03 bits per heavy atom. The molecule has 1 unspecified atom stereocenters.